The topological polar surface area (TPSA) is 85.1 Å². The Morgan fingerprint density at radius 2 is 2.00 bits per heavy atom. The molecule has 0 fully saturated rings. The predicted molar refractivity (Wildman–Crippen MR) is 65.2 cm³/mol. The van der Waals surface area contributed by atoms with Crippen LogP contribution in [0.1, 0.15) is 10.4 Å². The Hall–Kier alpha value is -2.90. The highest BCUT2D eigenvalue weighted by atomic mass is 19.1. The van der Waals surface area contributed by atoms with Crippen molar-refractivity contribution in [3.63, 3.8) is 0 Å². The minimum absolute atomic E-state index is 0.162. The number of pyridine rings is 1. The van der Waals surface area contributed by atoms with Crippen LogP contribution in [0.15, 0.2) is 36.5 Å². The summed E-state index contributed by atoms with van der Waals surface area (Å²) in [6.45, 7) is 0. The van der Waals surface area contributed by atoms with E-state index in [4.69, 9.17) is 0 Å². The number of hydrogen-bond acceptors (Lipinski definition) is 4. The zero-order valence-corrected chi connectivity index (χ0v) is 9.84. The highest BCUT2D eigenvalue weighted by molar-refractivity contribution is 6.06. The number of carbonyl (C=O) groups is 1. The molecule has 0 aliphatic heterocycles. The second-order valence-corrected chi connectivity index (χ2v) is 3.74. The van der Waals surface area contributed by atoms with Crippen molar-refractivity contribution < 1.29 is 18.5 Å². The van der Waals surface area contributed by atoms with E-state index in [2.05, 4.69) is 10.3 Å². The van der Waals surface area contributed by atoms with Gasteiger partial charge in [0.05, 0.1) is 22.9 Å². The van der Waals surface area contributed by atoms with Crippen LogP contribution in [0.4, 0.5) is 20.2 Å². The van der Waals surface area contributed by atoms with Crippen LogP contribution in [0.2, 0.25) is 0 Å². The second kappa shape index (κ2) is 5.39. The van der Waals surface area contributed by atoms with E-state index in [0.29, 0.717) is 6.07 Å². The van der Waals surface area contributed by atoms with Crippen molar-refractivity contribution in [2.75, 3.05) is 5.32 Å². The monoisotopic (exact) mass is 279 g/mol. The van der Waals surface area contributed by atoms with E-state index in [-0.39, 0.29) is 11.3 Å². The third-order valence-electron chi connectivity index (χ3n) is 2.39. The molecule has 0 aliphatic rings. The van der Waals surface area contributed by atoms with Crippen molar-refractivity contribution in [1.29, 1.82) is 0 Å². The molecule has 2 rings (SSSR count). The minimum Gasteiger partial charge on any atom is -0.320 e. The highest BCUT2D eigenvalue weighted by Gasteiger charge is 2.21. The zero-order valence-electron chi connectivity index (χ0n) is 9.84. The first-order chi connectivity index (χ1) is 9.47. The lowest BCUT2D eigenvalue weighted by atomic mass is 10.1. The Labute approximate surface area is 111 Å². The van der Waals surface area contributed by atoms with Gasteiger partial charge < -0.3 is 5.32 Å². The lowest BCUT2D eigenvalue weighted by molar-refractivity contribution is -0.385. The lowest BCUT2D eigenvalue weighted by Crippen LogP contribution is -2.14. The summed E-state index contributed by atoms with van der Waals surface area (Å²) in [7, 11) is 0. The van der Waals surface area contributed by atoms with Gasteiger partial charge in [-0.3, -0.25) is 14.9 Å². The molecule has 0 radical (unpaired) electrons. The molecule has 0 saturated heterocycles. The summed E-state index contributed by atoms with van der Waals surface area (Å²) in [4.78, 5) is 25.1. The molecule has 102 valence electrons. The van der Waals surface area contributed by atoms with Crippen LogP contribution in [0.5, 0.6) is 0 Å². The van der Waals surface area contributed by atoms with Crippen LogP contribution >= 0.6 is 0 Å². The quantitative estimate of drug-likeness (QED) is 0.531. The summed E-state index contributed by atoms with van der Waals surface area (Å²) in [6, 6.07) is 4.85. The maximum absolute atomic E-state index is 13.0. The van der Waals surface area contributed by atoms with Crippen LogP contribution in [-0.4, -0.2) is 15.8 Å². The van der Waals surface area contributed by atoms with Gasteiger partial charge in [-0.2, -0.15) is 4.39 Å². The average Bonchev–Trinajstić information content (AvgIpc) is 2.41. The molecule has 1 heterocycles. The van der Waals surface area contributed by atoms with Gasteiger partial charge in [0.2, 0.25) is 5.95 Å². The third kappa shape index (κ3) is 2.91. The van der Waals surface area contributed by atoms with Gasteiger partial charge in [-0.15, -0.1) is 0 Å². The summed E-state index contributed by atoms with van der Waals surface area (Å²) in [6.07, 6.45) is 1.06. The molecule has 8 heteroatoms. The molecule has 1 aromatic carbocycles. The molecule has 0 unspecified atom stereocenters. The van der Waals surface area contributed by atoms with E-state index in [9.17, 15) is 23.7 Å². The van der Waals surface area contributed by atoms with E-state index in [1.165, 1.54) is 6.07 Å². The summed E-state index contributed by atoms with van der Waals surface area (Å²) >= 11 is 0. The number of anilines is 1. The molecule has 0 bridgehead atoms. The minimum atomic E-state index is -0.860. The Morgan fingerprint density at radius 1 is 1.25 bits per heavy atom. The first-order valence-corrected chi connectivity index (χ1v) is 5.34. The van der Waals surface area contributed by atoms with Gasteiger partial charge in [-0.25, -0.2) is 9.37 Å². The molecular weight excluding hydrogens is 272 g/mol. The first kappa shape index (κ1) is 13.5. The largest absolute Gasteiger partial charge is 0.320 e. The Balaban J connectivity index is 2.29. The van der Waals surface area contributed by atoms with Gasteiger partial charge in [-0.1, -0.05) is 0 Å². The van der Waals surface area contributed by atoms with Gasteiger partial charge in [0, 0.05) is 0 Å². The zero-order chi connectivity index (χ0) is 14.7. The van der Waals surface area contributed by atoms with Crippen LogP contribution in [0.25, 0.3) is 0 Å². The van der Waals surface area contributed by atoms with E-state index < -0.39 is 28.3 Å². The highest BCUT2D eigenvalue weighted by Crippen LogP contribution is 2.21. The number of benzene rings is 1. The normalized spacial score (nSPS) is 10.1. The number of rotatable bonds is 3. The summed E-state index contributed by atoms with van der Waals surface area (Å²) in [5.41, 5.74) is -0.798. The molecule has 1 amide bonds. The van der Waals surface area contributed by atoms with E-state index in [1.807, 2.05) is 0 Å². The number of halogens is 2. The molecule has 0 saturated carbocycles. The van der Waals surface area contributed by atoms with E-state index in [1.54, 1.807) is 0 Å². The number of nitro groups is 1. The molecule has 6 nitrogen and oxygen atoms in total. The predicted octanol–water partition coefficient (Wildman–Crippen LogP) is 2.52. The fourth-order valence-corrected chi connectivity index (χ4v) is 1.50. The van der Waals surface area contributed by atoms with Crippen molar-refractivity contribution in [3.8, 4) is 0 Å². The molecule has 20 heavy (non-hydrogen) atoms. The van der Waals surface area contributed by atoms with Gasteiger partial charge in [0.25, 0.3) is 11.6 Å². The maximum Gasteiger partial charge on any atom is 0.285 e. The summed E-state index contributed by atoms with van der Waals surface area (Å²) in [5.74, 6) is -2.36. The van der Waals surface area contributed by atoms with Crippen molar-refractivity contribution in [1.82, 2.24) is 4.98 Å². The molecule has 1 N–H and O–H groups in total. The first-order valence-electron chi connectivity index (χ1n) is 5.34. The van der Waals surface area contributed by atoms with Gasteiger partial charge in [0.15, 0.2) is 0 Å². The smallest absolute Gasteiger partial charge is 0.285 e. The number of amides is 1. The van der Waals surface area contributed by atoms with E-state index in [0.717, 1.165) is 24.4 Å². The third-order valence-corrected chi connectivity index (χ3v) is 2.39. The van der Waals surface area contributed by atoms with Crippen molar-refractivity contribution in [2.45, 2.75) is 0 Å². The Kier molecular flexibility index (Phi) is 3.65. The fraction of sp³-hybridized carbons (Fsp3) is 0. The fourth-order valence-electron chi connectivity index (χ4n) is 1.50. The lowest BCUT2D eigenvalue weighted by Gasteiger charge is -2.05. The van der Waals surface area contributed by atoms with Crippen LogP contribution in [0, 0.1) is 21.9 Å². The number of aromatic nitrogens is 1. The van der Waals surface area contributed by atoms with Gasteiger partial charge in [0.1, 0.15) is 11.4 Å². The molecule has 1 aromatic heterocycles. The Bertz CT molecular complexity index is 674. The summed E-state index contributed by atoms with van der Waals surface area (Å²) in [5, 5.41) is 13.1. The van der Waals surface area contributed by atoms with Crippen LogP contribution in [-0.2, 0) is 0 Å². The molecule has 0 aliphatic carbocycles. The van der Waals surface area contributed by atoms with Crippen molar-refractivity contribution in [3.05, 3.63) is 64.0 Å². The van der Waals surface area contributed by atoms with Crippen molar-refractivity contribution in [2.24, 2.45) is 0 Å². The maximum atomic E-state index is 13.0. The van der Waals surface area contributed by atoms with Crippen LogP contribution < -0.4 is 5.32 Å². The Morgan fingerprint density at radius 3 is 2.60 bits per heavy atom. The van der Waals surface area contributed by atoms with Crippen LogP contribution in [0.3, 0.4) is 0 Å². The average molecular weight is 279 g/mol. The molecule has 0 spiro atoms. The molecule has 0 atom stereocenters. The number of nitrogens with one attached hydrogen (secondary N) is 1. The van der Waals surface area contributed by atoms with Gasteiger partial charge in [-0.05, 0) is 24.3 Å². The molecule has 2 aromatic rings. The molecular formula is C12H7F2N3O3. The second-order valence-electron chi connectivity index (χ2n) is 3.74. The standard InChI is InChI=1S/C12H7F2N3O3/c13-7-1-3-9(10(5-7)17(19)20)12(18)16-8-2-4-11(14)15-6-8/h1-6H,(H,16,18). The van der Waals surface area contributed by atoms with E-state index >= 15 is 0 Å². The number of nitrogens with zero attached hydrogens (tertiary/aromatic N) is 2. The van der Waals surface area contributed by atoms with Gasteiger partial charge >= 0.3 is 0 Å². The number of carbonyl (C=O) groups excluding carboxylic acids is 1. The summed E-state index contributed by atoms with van der Waals surface area (Å²) < 4.78 is 25.6. The number of hydrogen-bond donors (Lipinski definition) is 1. The number of nitro benzene ring substituents is 1. The SMILES string of the molecule is O=C(Nc1ccc(F)nc1)c1ccc(F)cc1[N+](=O)[O-]. The van der Waals surface area contributed by atoms with Crippen molar-refractivity contribution >= 4 is 17.3 Å².